The normalized spacial score (nSPS) is 15.7. The highest BCUT2D eigenvalue weighted by Crippen LogP contribution is 2.11. The molecule has 0 aromatic heterocycles. The number of ketones is 1. The molecule has 3 rings (SSSR count). The Kier molecular flexibility index (Phi) is 7.90. The van der Waals surface area contributed by atoms with E-state index in [1.165, 1.54) is 4.90 Å². The number of nitrogens with two attached hydrogens (primary N) is 1. The number of likely N-dealkylation sites (tertiary alicyclic amines) is 1. The van der Waals surface area contributed by atoms with Crippen molar-refractivity contribution < 1.29 is 19.5 Å². The SMILES string of the molecule is Cl.NCc1ccc(C(=O)NCc2ccc(CC(=O)N3CC(=O)[C@@H](O)C3)cc2)cc1. The highest BCUT2D eigenvalue weighted by Gasteiger charge is 2.31. The molecular weight excluding hydrogens is 394 g/mol. The molecule has 8 heteroatoms. The van der Waals surface area contributed by atoms with Crippen molar-refractivity contribution in [2.75, 3.05) is 13.1 Å². The van der Waals surface area contributed by atoms with E-state index in [9.17, 15) is 19.5 Å². The van der Waals surface area contributed by atoms with E-state index in [1.807, 2.05) is 36.4 Å². The van der Waals surface area contributed by atoms with E-state index in [0.717, 1.165) is 16.7 Å². The zero-order valence-electron chi connectivity index (χ0n) is 15.8. The number of nitrogens with zero attached hydrogens (tertiary/aromatic N) is 1. The van der Waals surface area contributed by atoms with Crippen molar-refractivity contribution in [3.8, 4) is 0 Å². The molecule has 2 amide bonds. The molecule has 1 aliphatic heterocycles. The Morgan fingerprint density at radius 3 is 2.17 bits per heavy atom. The highest BCUT2D eigenvalue weighted by molar-refractivity contribution is 5.94. The van der Waals surface area contributed by atoms with Gasteiger partial charge in [0, 0.05) is 18.7 Å². The number of carbonyl (C=O) groups is 3. The van der Waals surface area contributed by atoms with E-state index in [-0.39, 0.29) is 49.5 Å². The Morgan fingerprint density at radius 1 is 1.03 bits per heavy atom. The minimum atomic E-state index is -1.07. The van der Waals surface area contributed by atoms with Gasteiger partial charge in [-0.1, -0.05) is 36.4 Å². The largest absolute Gasteiger partial charge is 0.383 e. The first kappa shape index (κ1) is 22.5. The number of hydrogen-bond acceptors (Lipinski definition) is 5. The molecule has 7 nitrogen and oxygen atoms in total. The fraction of sp³-hybridized carbons (Fsp3) is 0.286. The number of hydrogen-bond donors (Lipinski definition) is 3. The summed E-state index contributed by atoms with van der Waals surface area (Å²) >= 11 is 0. The number of aliphatic hydroxyl groups is 1. The monoisotopic (exact) mass is 417 g/mol. The Hall–Kier alpha value is -2.74. The number of amides is 2. The van der Waals surface area contributed by atoms with Gasteiger partial charge in [0.1, 0.15) is 6.10 Å². The lowest BCUT2D eigenvalue weighted by atomic mass is 10.1. The van der Waals surface area contributed by atoms with Crippen LogP contribution in [0.25, 0.3) is 0 Å². The van der Waals surface area contributed by atoms with Crippen LogP contribution in [-0.4, -0.2) is 46.8 Å². The molecule has 1 saturated heterocycles. The number of benzene rings is 2. The van der Waals surface area contributed by atoms with Crippen molar-refractivity contribution in [3.05, 3.63) is 70.8 Å². The molecule has 29 heavy (non-hydrogen) atoms. The topological polar surface area (TPSA) is 113 Å². The summed E-state index contributed by atoms with van der Waals surface area (Å²) in [5.41, 5.74) is 8.81. The fourth-order valence-corrected chi connectivity index (χ4v) is 3.00. The van der Waals surface area contributed by atoms with Crippen LogP contribution in [0.5, 0.6) is 0 Å². The summed E-state index contributed by atoms with van der Waals surface area (Å²) in [6.07, 6.45) is -0.901. The maximum atomic E-state index is 12.2. The first-order valence-corrected chi connectivity index (χ1v) is 9.10. The van der Waals surface area contributed by atoms with Crippen LogP contribution in [0.3, 0.4) is 0 Å². The van der Waals surface area contributed by atoms with Gasteiger partial charge in [0.2, 0.25) is 5.91 Å². The van der Waals surface area contributed by atoms with Crippen LogP contribution in [0.4, 0.5) is 0 Å². The van der Waals surface area contributed by atoms with Gasteiger partial charge in [0.15, 0.2) is 5.78 Å². The summed E-state index contributed by atoms with van der Waals surface area (Å²) in [6, 6.07) is 14.5. The van der Waals surface area contributed by atoms with Gasteiger partial charge in [-0.25, -0.2) is 0 Å². The van der Waals surface area contributed by atoms with Crippen LogP contribution in [-0.2, 0) is 29.1 Å². The summed E-state index contributed by atoms with van der Waals surface area (Å²) < 4.78 is 0. The van der Waals surface area contributed by atoms with Gasteiger partial charge in [-0.3, -0.25) is 14.4 Å². The summed E-state index contributed by atoms with van der Waals surface area (Å²) in [4.78, 5) is 37.1. The third kappa shape index (κ3) is 5.87. The average molecular weight is 418 g/mol. The van der Waals surface area contributed by atoms with Crippen LogP contribution in [0.15, 0.2) is 48.5 Å². The van der Waals surface area contributed by atoms with E-state index in [0.29, 0.717) is 18.7 Å². The lowest BCUT2D eigenvalue weighted by Gasteiger charge is -2.14. The first-order chi connectivity index (χ1) is 13.5. The molecule has 0 unspecified atom stereocenters. The van der Waals surface area contributed by atoms with Gasteiger partial charge in [0.05, 0.1) is 19.5 Å². The van der Waals surface area contributed by atoms with E-state index < -0.39 is 6.10 Å². The van der Waals surface area contributed by atoms with Gasteiger partial charge >= 0.3 is 0 Å². The maximum Gasteiger partial charge on any atom is 0.251 e. The molecule has 0 radical (unpaired) electrons. The highest BCUT2D eigenvalue weighted by atomic mass is 35.5. The molecule has 2 aromatic carbocycles. The molecule has 1 heterocycles. The molecule has 1 fully saturated rings. The quantitative estimate of drug-likeness (QED) is 0.643. The van der Waals surface area contributed by atoms with Crippen LogP contribution >= 0.6 is 12.4 Å². The van der Waals surface area contributed by atoms with E-state index in [1.54, 1.807) is 12.1 Å². The molecular formula is C21H24ClN3O4. The molecule has 0 bridgehead atoms. The van der Waals surface area contributed by atoms with Crippen LogP contribution in [0, 0.1) is 0 Å². The lowest BCUT2D eigenvalue weighted by Crippen LogP contribution is -2.31. The second-order valence-corrected chi connectivity index (χ2v) is 6.83. The Labute approximate surface area is 175 Å². The first-order valence-electron chi connectivity index (χ1n) is 9.10. The number of aliphatic hydroxyl groups excluding tert-OH is 1. The fourth-order valence-electron chi connectivity index (χ4n) is 3.00. The maximum absolute atomic E-state index is 12.2. The average Bonchev–Trinajstić information content (AvgIpc) is 3.06. The summed E-state index contributed by atoms with van der Waals surface area (Å²) in [5.74, 6) is -0.677. The zero-order valence-corrected chi connectivity index (χ0v) is 16.7. The van der Waals surface area contributed by atoms with Crippen molar-refractivity contribution >= 4 is 30.0 Å². The number of rotatable bonds is 6. The van der Waals surface area contributed by atoms with E-state index >= 15 is 0 Å². The van der Waals surface area contributed by atoms with Crippen LogP contribution in [0.1, 0.15) is 27.0 Å². The Morgan fingerprint density at radius 2 is 1.62 bits per heavy atom. The standard InChI is InChI=1S/C21H23N3O4.ClH/c22-10-15-5-7-17(8-6-15)21(28)23-11-16-3-1-14(2-4-16)9-20(27)24-12-18(25)19(26)13-24;/h1-8,18,25H,9-13,22H2,(H,23,28);1H/t18-;/m0./s1. The van der Waals surface area contributed by atoms with Crippen molar-refractivity contribution in [2.24, 2.45) is 5.73 Å². The van der Waals surface area contributed by atoms with Crippen molar-refractivity contribution in [3.63, 3.8) is 0 Å². The molecule has 0 saturated carbocycles. The second-order valence-electron chi connectivity index (χ2n) is 6.83. The molecule has 154 valence electrons. The van der Waals surface area contributed by atoms with Gasteiger partial charge in [-0.2, -0.15) is 0 Å². The Balaban J connectivity index is 0.00000300. The third-order valence-electron chi connectivity index (χ3n) is 4.75. The number of nitrogens with one attached hydrogen (secondary N) is 1. The smallest absolute Gasteiger partial charge is 0.251 e. The Bertz CT molecular complexity index is 868. The van der Waals surface area contributed by atoms with Gasteiger partial charge in [0.25, 0.3) is 5.91 Å². The van der Waals surface area contributed by atoms with Crippen molar-refractivity contribution in [1.82, 2.24) is 10.2 Å². The molecule has 2 aromatic rings. The number of halogens is 1. The summed E-state index contributed by atoms with van der Waals surface area (Å²) in [6.45, 7) is 0.842. The molecule has 0 spiro atoms. The van der Waals surface area contributed by atoms with Gasteiger partial charge in [-0.15, -0.1) is 12.4 Å². The van der Waals surface area contributed by atoms with Crippen molar-refractivity contribution in [2.45, 2.75) is 25.6 Å². The van der Waals surface area contributed by atoms with Gasteiger partial charge in [-0.05, 0) is 28.8 Å². The molecule has 1 atom stereocenters. The summed E-state index contributed by atoms with van der Waals surface area (Å²) in [5, 5.41) is 12.3. The van der Waals surface area contributed by atoms with Crippen LogP contribution in [0.2, 0.25) is 0 Å². The predicted octanol–water partition coefficient (Wildman–Crippen LogP) is 0.812. The number of β-amino-alcohol motifs (C(OH)–C–C–N with tert-alkyl or cyclic N) is 1. The predicted molar refractivity (Wildman–Crippen MR) is 110 cm³/mol. The van der Waals surface area contributed by atoms with E-state index in [2.05, 4.69) is 5.32 Å². The zero-order chi connectivity index (χ0) is 20.1. The van der Waals surface area contributed by atoms with Crippen molar-refractivity contribution in [1.29, 1.82) is 0 Å². The molecule has 4 N–H and O–H groups in total. The second kappa shape index (κ2) is 10.2. The van der Waals surface area contributed by atoms with Crippen LogP contribution < -0.4 is 11.1 Å². The number of carbonyl (C=O) groups excluding carboxylic acids is 3. The molecule has 0 aliphatic carbocycles. The lowest BCUT2D eigenvalue weighted by molar-refractivity contribution is -0.131. The minimum absolute atomic E-state index is 0. The minimum Gasteiger partial charge on any atom is -0.383 e. The molecule has 1 aliphatic rings. The summed E-state index contributed by atoms with van der Waals surface area (Å²) in [7, 11) is 0. The van der Waals surface area contributed by atoms with E-state index in [4.69, 9.17) is 5.73 Å². The van der Waals surface area contributed by atoms with Gasteiger partial charge < -0.3 is 21.1 Å². The third-order valence-corrected chi connectivity index (χ3v) is 4.75. The number of Topliss-reactive ketones (excluding diaryl/α,β-unsaturated/α-hetero) is 1.